The smallest absolute Gasteiger partial charge is 0.414 e. The van der Waals surface area contributed by atoms with Crippen molar-refractivity contribution in [1.82, 2.24) is 9.80 Å². The number of rotatable bonds is 3. The SMILES string of the molecule is CN(C)C(=O)Oc1ccc2c(c1)CCCN(C(=O)OC(C)(C)C)C2CCO. The number of aliphatic hydroxyl groups excluding tert-OH is 1. The van der Waals surface area contributed by atoms with Crippen molar-refractivity contribution in [2.75, 3.05) is 27.2 Å². The molecule has 0 aromatic heterocycles. The lowest BCUT2D eigenvalue weighted by atomic mass is 9.96. The van der Waals surface area contributed by atoms with Crippen molar-refractivity contribution in [1.29, 1.82) is 0 Å². The second kappa shape index (κ2) is 8.61. The molecule has 1 aliphatic rings. The molecule has 27 heavy (non-hydrogen) atoms. The molecule has 1 aliphatic heterocycles. The minimum atomic E-state index is -0.583. The van der Waals surface area contributed by atoms with Gasteiger partial charge in [0.05, 0.1) is 6.04 Å². The second-order valence-electron chi connectivity index (χ2n) is 7.93. The molecule has 1 N–H and O–H groups in total. The number of aryl methyl sites for hydroxylation is 1. The molecule has 2 amide bonds. The molecule has 1 aromatic rings. The van der Waals surface area contributed by atoms with Crippen molar-refractivity contribution < 1.29 is 24.2 Å². The minimum Gasteiger partial charge on any atom is -0.444 e. The third kappa shape index (κ3) is 5.60. The minimum absolute atomic E-state index is 0.0409. The number of fused-ring (bicyclic) bond motifs is 1. The molecule has 0 bridgehead atoms. The first kappa shape index (κ1) is 21.0. The third-order valence-electron chi connectivity index (χ3n) is 4.30. The van der Waals surface area contributed by atoms with E-state index in [1.807, 2.05) is 32.9 Å². The van der Waals surface area contributed by atoms with Crippen LogP contribution < -0.4 is 4.74 Å². The molecule has 2 rings (SSSR count). The first-order chi connectivity index (χ1) is 12.6. The van der Waals surface area contributed by atoms with Crippen molar-refractivity contribution in [3.05, 3.63) is 29.3 Å². The van der Waals surface area contributed by atoms with Crippen LogP contribution in [-0.2, 0) is 11.2 Å². The molecule has 150 valence electrons. The van der Waals surface area contributed by atoms with Crippen LogP contribution in [0.3, 0.4) is 0 Å². The maximum atomic E-state index is 12.7. The van der Waals surface area contributed by atoms with Crippen LogP contribution >= 0.6 is 0 Å². The van der Waals surface area contributed by atoms with E-state index in [9.17, 15) is 14.7 Å². The summed E-state index contributed by atoms with van der Waals surface area (Å²) in [5.74, 6) is 0.473. The Labute approximate surface area is 160 Å². The predicted octanol–water partition coefficient (Wildman–Crippen LogP) is 3.35. The molecule has 0 radical (unpaired) electrons. The van der Waals surface area contributed by atoms with Gasteiger partial charge >= 0.3 is 12.2 Å². The zero-order valence-corrected chi connectivity index (χ0v) is 16.8. The highest BCUT2D eigenvalue weighted by atomic mass is 16.6. The Morgan fingerprint density at radius 2 is 2.00 bits per heavy atom. The summed E-state index contributed by atoms with van der Waals surface area (Å²) in [5, 5.41) is 9.55. The molecular formula is C20H30N2O5. The number of hydrogen-bond donors (Lipinski definition) is 1. The van der Waals surface area contributed by atoms with E-state index in [0.29, 0.717) is 18.7 Å². The van der Waals surface area contributed by atoms with Crippen molar-refractivity contribution in [3.8, 4) is 5.75 Å². The largest absolute Gasteiger partial charge is 0.444 e. The van der Waals surface area contributed by atoms with Gasteiger partial charge < -0.3 is 24.4 Å². The first-order valence-electron chi connectivity index (χ1n) is 9.25. The summed E-state index contributed by atoms with van der Waals surface area (Å²) in [6, 6.07) is 5.17. The lowest BCUT2D eigenvalue weighted by molar-refractivity contribution is 0.0138. The van der Waals surface area contributed by atoms with Crippen LogP contribution in [0.5, 0.6) is 5.75 Å². The zero-order chi connectivity index (χ0) is 20.2. The number of benzene rings is 1. The average molecular weight is 378 g/mol. The number of amides is 2. The van der Waals surface area contributed by atoms with E-state index in [-0.39, 0.29) is 18.7 Å². The van der Waals surface area contributed by atoms with Crippen LogP contribution in [0.1, 0.15) is 50.8 Å². The zero-order valence-electron chi connectivity index (χ0n) is 16.8. The van der Waals surface area contributed by atoms with E-state index in [1.54, 1.807) is 25.1 Å². The number of carbonyl (C=O) groups excluding carboxylic acids is 2. The number of ether oxygens (including phenoxy) is 2. The van der Waals surface area contributed by atoms with Crippen LogP contribution in [0.25, 0.3) is 0 Å². The van der Waals surface area contributed by atoms with Crippen LogP contribution in [0.15, 0.2) is 18.2 Å². The summed E-state index contributed by atoms with van der Waals surface area (Å²) in [5.41, 5.74) is 1.39. The Balaban J connectivity index is 2.31. The molecule has 1 aromatic carbocycles. The highest BCUT2D eigenvalue weighted by Gasteiger charge is 2.32. The van der Waals surface area contributed by atoms with Crippen LogP contribution in [-0.4, -0.2) is 59.9 Å². The van der Waals surface area contributed by atoms with E-state index in [2.05, 4.69) is 0 Å². The fourth-order valence-corrected chi connectivity index (χ4v) is 3.12. The van der Waals surface area contributed by atoms with Crippen molar-refractivity contribution in [2.45, 2.75) is 51.7 Å². The van der Waals surface area contributed by atoms with Gasteiger partial charge in [-0.2, -0.15) is 0 Å². The summed E-state index contributed by atoms with van der Waals surface area (Å²) >= 11 is 0. The fourth-order valence-electron chi connectivity index (χ4n) is 3.12. The van der Waals surface area contributed by atoms with Crippen molar-refractivity contribution >= 4 is 12.2 Å². The molecule has 0 saturated carbocycles. The number of hydrogen-bond acceptors (Lipinski definition) is 5. The molecule has 7 nitrogen and oxygen atoms in total. The van der Waals surface area contributed by atoms with E-state index >= 15 is 0 Å². The van der Waals surface area contributed by atoms with Gasteiger partial charge in [-0.1, -0.05) is 6.07 Å². The highest BCUT2D eigenvalue weighted by Crippen LogP contribution is 2.34. The molecule has 1 unspecified atom stereocenters. The monoisotopic (exact) mass is 378 g/mol. The summed E-state index contributed by atoms with van der Waals surface area (Å²) in [6.45, 7) is 6.01. The van der Waals surface area contributed by atoms with Gasteiger partial charge in [-0.05, 0) is 63.3 Å². The van der Waals surface area contributed by atoms with Crippen molar-refractivity contribution in [2.24, 2.45) is 0 Å². The van der Waals surface area contributed by atoms with E-state index in [1.165, 1.54) is 4.90 Å². The Bertz CT molecular complexity index is 681. The Morgan fingerprint density at radius 3 is 2.59 bits per heavy atom. The first-order valence-corrected chi connectivity index (χ1v) is 9.25. The Kier molecular flexibility index (Phi) is 6.70. The summed E-state index contributed by atoms with van der Waals surface area (Å²) in [6.07, 6.45) is 1.12. The van der Waals surface area contributed by atoms with E-state index in [0.717, 1.165) is 24.0 Å². The number of nitrogens with zero attached hydrogens (tertiary/aromatic N) is 2. The topological polar surface area (TPSA) is 79.3 Å². The summed E-state index contributed by atoms with van der Waals surface area (Å²) < 4.78 is 10.9. The summed E-state index contributed by atoms with van der Waals surface area (Å²) in [4.78, 5) is 27.5. The predicted molar refractivity (Wildman–Crippen MR) is 102 cm³/mol. The fraction of sp³-hybridized carbons (Fsp3) is 0.600. The molecule has 0 saturated heterocycles. The molecule has 1 atom stereocenters. The molecule has 0 spiro atoms. The quantitative estimate of drug-likeness (QED) is 0.872. The standard InChI is InChI=1S/C20H30N2O5/c1-20(2,3)27-19(25)22-11-6-7-14-13-15(26-18(24)21(4)5)8-9-16(14)17(22)10-12-23/h8-9,13,17,23H,6-7,10-12H2,1-5H3. The van der Waals surface area contributed by atoms with Gasteiger partial charge in [0.1, 0.15) is 11.4 Å². The van der Waals surface area contributed by atoms with Gasteiger partial charge in [-0.3, -0.25) is 0 Å². The van der Waals surface area contributed by atoms with Crippen LogP contribution in [0, 0.1) is 0 Å². The van der Waals surface area contributed by atoms with Gasteiger partial charge in [0.15, 0.2) is 0 Å². The van der Waals surface area contributed by atoms with Crippen molar-refractivity contribution in [3.63, 3.8) is 0 Å². The van der Waals surface area contributed by atoms with Crippen LogP contribution in [0.4, 0.5) is 9.59 Å². The second-order valence-corrected chi connectivity index (χ2v) is 7.93. The molecule has 0 aliphatic carbocycles. The van der Waals surface area contributed by atoms with Gasteiger partial charge in [0.25, 0.3) is 0 Å². The van der Waals surface area contributed by atoms with Crippen LogP contribution in [0.2, 0.25) is 0 Å². The molecule has 7 heteroatoms. The Morgan fingerprint density at radius 1 is 1.30 bits per heavy atom. The maximum absolute atomic E-state index is 12.7. The summed E-state index contributed by atoms with van der Waals surface area (Å²) in [7, 11) is 3.25. The maximum Gasteiger partial charge on any atom is 0.414 e. The Hall–Kier alpha value is -2.28. The lowest BCUT2D eigenvalue weighted by Crippen LogP contribution is -2.39. The molecule has 1 heterocycles. The highest BCUT2D eigenvalue weighted by molar-refractivity contribution is 5.71. The number of aliphatic hydroxyl groups is 1. The van der Waals surface area contributed by atoms with E-state index in [4.69, 9.17) is 9.47 Å². The van der Waals surface area contributed by atoms with Gasteiger partial charge in [-0.25, -0.2) is 9.59 Å². The van der Waals surface area contributed by atoms with Gasteiger partial charge in [0.2, 0.25) is 0 Å². The lowest BCUT2D eigenvalue weighted by Gasteiger charge is -2.33. The average Bonchev–Trinajstić information content (AvgIpc) is 2.73. The van der Waals surface area contributed by atoms with Gasteiger partial charge in [0, 0.05) is 27.2 Å². The van der Waals surface area contributed by atoms with Gasteiger partial charge in [-0.15, -0.1) is 0 Å². The van der Waals surface area contributed by atoms with E-state index < -0.39 is 11.7 Å². The molecular weight excluding hydrogens is 348 g/mol. The normalized spacial score (nSPS) is 17.0. The molecule has 0 fully saturated rings. The number of carbonyl (C=O) groups is 2. The third-order valence-corrected chi connectivity index (χ3v) is 4.30.